The first kappa shape index (κ1) is 35.7. The number of benzene rings is 4. The number of hydrogen-bond donors (Lipinski definition) is 0. The Labute approximate surface area is 314 Å². The average Bonchev–Trinajstić information content (AvgIpc) is 3.89. The molecule has 2 saturated heterocycles. The number of carbonyl (C=O) groups excluding carboxylic acids is 4. The zero-order valence-corrected chi connectivity index (χ0v) is 31.0. The summed E-state index contributed by atoms with van der Waals surface area (Å²) in [4.78, 5) is 59.5. The van der Waals surface area contributed by atoms with Crippen LogP contribution in [-0.2, 0) is 20.9 Å². The fourth-order valence-electron chi connectivity index (χ4n) is 8.59. The topological polar surface area (TPSA) is 81.2 Å². The Morgan fingerprint density at radius 2 is 1.02 bits per heavy atom. The number of fused-ring (bicyclic) bond motifs is 6. The van der Waals surface area contributed by atoms with E-state index < -0.39 is 11.3 Å². The molecule has 4 aromatic carbocycles. The summed E-state index contributed by atoms with van der Waals surface area (Å²) in [5, 5.41) is 1.27. The van der Waals surface area contributed by atoms with Crippen molar-refractivity contribution < 1.29 is 19.2 Å². The van der Waals surface area contributed by atoms with E-state index in [0.717, 1.165) is 47.9 Å². The van der Waals surface area contributed by atoms with Crippen molar-refractivity contribution in [1.29, 1.82) is 0 Å². The molecule has 4 heterocycles. The lowest BCUT2D eigenvalue weighted by Gasteiger charge is -2.40. The Morgan fingerprint density at radius 1 is 0.577 bits per heavy atom. The van der Waals surface area contributed by atoms with Crippen molar-refractivity contribution in [3.8, 4) is 0 Å². The van der Waals surface area contributed by atoms with E-state index in [1.165, 1.54) is 0 Å². The van der Waals surface area contributed by atoms with Crippen molar-refractivity contribution in [2.24, 2.45) is 0 Å². The van der Waals surface area contributed by atoms with Gasteiger partial charge in [0, 0.05) is 82.4 Å². The van der Waals surface area contributed by atoms with E-state index in [1.807, 2.05) is 124 Å². The lowest BCUT2D eigenvalue weighted by Crippen LogP contribution is -2.51. The molecule has 0 aromatic heterocycles. The van der Waals surface area contributed by atoms with Gasteiger partial charge in [0.1, 0.15) is 0 Å². The number of amides is 4. The van der Waals surface area contributed by atoms with E-state index >= 15 is 0 Å². The summed E-state index contributed by atoms with van der Waals surface area (Å²) in [6, 6.07) is 30.2. The zero-order chi connectivity index (χ0) is 36.6. The minimum Gasteiger partial charge on any atom is -0.310 e. The van der Waals surface area contributed by atoms with E-state index in [4.69, 9.17) is 23.2 Å². The largest absolute Gasteiger partial charge is 0.310 e. The van der Waals surface area contributed by atoms with Gasteiger partial charge in [-0.15, -0.1) is 0 Å². The van der Waals surface area contributed by atoms with Crippen LogP contribution in [0, 0.1) is 0 Å². The normalized spacial score (nSPS) is 21.1. The fraction of sp³-hybridized carbons (Fsp3) is 0.333. The standard InChI is InChI=1S/C23H25ClN2O2.C19H17ClN2O2/c1-2-3-4-5-10-21(27)25-15-16-26-22(28)19-8-6-7-9-20(19)23(25,26)17-11-13-18(24)14-12-17;1-2-17(23)21-11-12-22-18(24)15-5-3-4-6-16(15)19(21,22)13-7-9-14(20)10-8-13/h6-9,11-14H,2-5,10,15-16H2,1H3;3-10H,2,11-12H2,1H3. The number of halogens is 2. The lowest BCUT2D eigenvalue weighted by atomic mass is 9.89. The van der Waals surface area contributed by atoms with Gasteiger partial charge in [0.2, 0.25) is 11.8 Å². The minimum absolute atomic E-state index is 0.00756. The molecule has 0 radical (unpaired) electrons. The molecular weight excluding hydrogens is 695 g/mol. The zero-order valence-electron chi connectivity index (χ0n) is 29.5. The second-order valence-corrected chi connectivity index (χ2v) is 14.5. The van der Waals surface area contributed by atoms with Crippen LogP contribution in [0.15, 0.2) is 97.1 Å². The maximum absolute atomic E-state index is 13.3. The van der Waals surface area contributed by atoms with Crippen molar-refractivity contribution in [3.05, 3.63) is 140 Å². The van der Waals surface area contributed by atoms with Crippen LogP contribution < -0.4 is 0 Å². The van der Waals surface area contributed by atoms with Gasteiger partial charge >= 0.3 is 0 Å². The molecule has 4 aromatic rings. The first-order valence-corrected chi connectivity index (χ1v) is 18.9. The third kappa shape index (κ3) is 5.50. The first-order valence-electron chi connectivity index (χ1n) is 18.2. The van der Waals surface area contributed by atoms with Crippen LogP contribution in [0.25, 0.3) is 0 Å². The Hall–Kier alpha value is -4.66. The van der Waals surface area contributed by atoms with Crippen molar-refractivity contribution >= 4 is 46.8 Å². The molecule has 0 aliphatic carbocycles. The Morgan fingerprint density at radius 3 is 1.46 bits per heavy atom. The van der Waals surface area contributed by atoms with Gasteiger partial charge in [-0.25, -0.2) is 0 Å². The molecule has 2 fully saturated rings. The van der Waals surface area contributed by atoms with Gasteiger partial charge in [-0.2, -0.15) is 0 Å². The van der Waals surface area contributed by atoms with Crippen molar-refractivity contribution in [3.63, 3.8) is 0 Å². The van der Waals surface area contributed by atoms with Crippen LogP contribution >= 0.6 is 23.2 Å². The highest BCUT2D eigenvalue weighted by Crippen LogP contribution is 2.51. The molecule has 0 spiro atoms. The fourth-order valence-corrected chi connectivity index (χ4v) is 8.85. The third-order valence-corrected chi connectivity index (χ3v) is 11.4. The maximum atomic E-state index is 13.3. The summed E-state index contributed by atoms with van der Waals surface area (Å²) in [7, 11) is 0. The molecule has 4 aliphatic heterocycles. The highest BCUT2D eigenvalue weighted by Gasteiger charge is 2.60. The Kier molecular flexibility index (Phi) is 9.89. The first-order chi connectivity index (χ1) is 25.2. The Balaban J connectivity index is 0.000000164. The van der Waals surface area contributed by atoms with Crippen LogP contribution in [0.5, 0.6) is 0 Å². The molecule has 10 heteroatoms. The highest BCUT2D eigenvalue weighted by molar-refractivity contribution is 6.30. The molecule has 52 heavy (non-hydrogen) atoms. The molecule has 268 valence electrons. The molecule has 0 saturated carbocycles. The van der Waals surface area contributed by atoms with Gasteiger partial charge < -0.3 is 19.6 Å². The molecule has 0 bridgehead atoms. The number of nitrogens with zero attached hydrogens (tertiary/aromatic N) is 4. The molecule has 2 atom stereocenters. The second kappa shape index (κ2) is 14.4. The smallest absolute Gasteiger partial charge is 0.256 e. The number of unbranched alkanes of at least 4 members (excludes halogenated alkanes) is 3. The third-order valence-electron chi connectivity index (χ3n) is 10.9. The monoisotopic (exact) mass is 736 g/mol. The molecule has 0 N–H and O–H groups in total. The quantitative estimate of drug-likeness (QED) is 0.172. The van der Waals surface area contributed by atoms with Crippen LogP contribution in [0.2, 0.25) is 10.0 Å². The number of hydrogen-bond acceptors (Lipinski definition) is 4. The SMILES string of the molecule is CCC(=O)N1CCN2C(=O)c3ccccc3C12c1ccc(Cl)cc1.CCCCCCC(=O)N1CCN2C(=O)c3ccccc3C12c1ccc(Cl)cc1. The van der Waals surface area contributed by atoms with Gasteiger partial charge in [-0.3, -0.25) is 19.2 Å². The summed E-state index contributed by atoms with van der Waals surface area (Å²) in [5.41, 5.74) is 3.20. The van der Waals surface area contributed by atoms with Crippen LogP contribution in [-0.4, -0.2) is 69.4 Å². The lowest BCUT2D eigenvalue weighted by molar-refractivity contribution is -0.137. The van der Waals surface area contributed by atoms with Crippen molar-refractivity contribution in [1.82, 2.24) is 19.6 Å². The van der Waals surface area contributed by atoms with E-state index in [1.54, 1.807) is 0 Å². The predicted molar refractivity (Wildman–Crippen MR) is 202 cm³/mol. The summed E-state index contributed by atoms with van der Waals surface area (Å²) in [5.74, 6) is 0.119. The van der Waals surface area contributed by atoms with Crippen molar-refractivity contribution in [2.45, 2.75) is 63.7 Å². The molecule has 4 amide bonds. The van der Waals surface area contributed by atoms with Crippen LogP contribution in [0.1, 0.15) is 95.3 Å². The number of rotatable bonds is 8. The van der Waals surface area contributed by atoms with E-state index in [-0.39, 0.29) is 23.6 Å². The van der Waals surface area contributed by atoms with E-state index in [9.17, 15) is 19.2 Å². The average molecular weight is 738 g/mol. The minimum atomic E-state index is -0.861. The van der Waals surface area contributed by atoms with Crippen LogP contribution in [0.4, 0.5) is 0 Å². The van der Waals surface area contributed by atoms with Gasteiger partial charge in [0.15, 0.2) is 11.3 Å². The molecule has 4 aliphatic rings. The molecule has 8 nitrogen and oxygen atoms in total. The van der Waals surface area contributed by atoms with Gasteiger partial charge in [0.05, 0.1) is 0 Å². The summed E-state index contributed by atoms with van der Waals surface area (Å²) < 4.78 is 0. The highest BCUT2D eigenvalue weighted by atomic mass is 35.5. The number of carbonyl (C=O) groups is 4. The van der Waals surface area contributed by atoms with E-state index in [0.29, 0.717) is 60.2 Å². The van der Waals surface area contributed by atoms with Gasteiger partial charge in [-0.05, 0) is 42.8 Å². The van der Waals surface area contributed by atoms with Crippen LogP contribution in [0.3, 0.4) is 0 Å². The predicted octanol–water partition coefficient (Wildman–Crippen LogP) is 8.06. The molecule has 2 unspecified atom stereocenters. The van der Waals surface area contributed by atoms with Crippen molar-refractivity contribution in [2.75, 3.05) is 26.2 Å². The summed E-state index contributed by atoms with van der Waals surface area (Å²) in [6.45, 7) is 6.17. The van der Waals surface area contributed by atoms with E-state index in [2.05, 4.69) is 6.92 Å². The molecular formula is C42H42Cl2N4O4. The summed E-state index contributed by atoms with van der Waals surface area (Å²) >= 11 is 12.2. The van der Waals surface area contributed by atoms with Gasteiger partial charge in [-0.1, -0.05) is 117 Å². The Bertz CT molecular complexity index is 2020. The second-order valence-electron chi connectivity index (χ2n) is 13.6. The maximum Gasteiger partial charge on any atom is 0.256 e. The molecule has 8 rings (SSSR count). The summed E-state index contributed by atoms with van der Waals surface area (Å²) in [6.07, 6.45) is 5.14. The van der Waals surface area contributed by atoms with Gasteiger partial charge in [0.25, 0.3) is 11.8 Å².